The van der Waals surface area contributed by atoms with Crippen LogP contribution in [0.5, 0.6) is 0 Å². The van der Waals surface area contributed by atoms with Crippen molar-refractivity contribution in [3.63, 3.8) is 0 Å². The lowest BCUT2D eigenvalue weighted by Crippen LogP contribution is -2.40. The van der Waals surface area contributed by atoms with Crippen molar-refractivity contribution < 1.29 is 8.78 Å². The van der Waals surface area contributed by atoms with Gasteiger partial charge in [0.25, 0.3) is 5.92 Å². The van der Waals surface area contributed by atoms with Gasteiger partial charge in [0, 0.05) is 18.9 Å². The fourth-order valence-corrected chi connectivity index (χ4v) is 1.75. The smallest absolute Gasteiger partial charge is 0.252 e. The van der Waals surface area contributed by atoms with Crippen molar-refractivity contribution in [3.8, 4) is 0 Å². The lowest BCUT2D eigenvalue weighted by atomic mass is 9.90. The highest BCUT2D eigenvalue weighted by molar-refractivity contribution is 4.81. The van der Waals surface area contributed by atoms with E-state index in [9.17, 15) is 8.78 Å². The summed E-state index contributed by atoms with van der Waals surface area (Å²) < 4.78 is 26.5. The van der Waals surface area contributed by atoms with Crippen LogP contribution < -0.4 is 5.32 Å². The van der Waals surface area contributed by atoms with Crippen LogP contribution in [0.25, 0.3) is 0 Å². The highest BCUT2D eigenvalue weighted by Gasteiger charge is 2.38. The lowest BCUT2D eigenvalue weighted by molar-refractivity contribution is -0.0726. The third kappa shape index (κ3) is 2.41. The Morgan fingerprint density at radius 1 is 1.50 bits per heavy atom. The molecular weight excluding hydrogens is 160 g/mol. The molecule has 0 aromatic carbocycles. The molecule has 1 fully saturated rings. The summed E-state index contributed by atoms with van der Waals surface area (Å²) in [5.41, 5.74) is 0. The molecule has 72 valence electrons. The number of piperidine rings is 1. The maximum absolute atomic E-state index is 13.3. The molecule has 0 aromatic heterocycles. The number of halogens is 2. The Morgan fingerprint density at radius 3 is 2.75 bits per heavy atom. The van der Waals surface area contributed by atoms with Gasteiger partial charge in [0.15, 0.2) is 0 Å². The molecule has 1 saturated heterocycles. The standard InChI is InChI=1S/C9H17F2N/c1-2-5-9(10,11)8-4-3-6-12-7-8/h8,12H,2-7H2,1H3. The number of nitrogens with one attached hydrogen (secondary N) is 1. The summed E-state index contributed by atoms with van der Waals surface area (Å²) in [6.07, 6.45) is 2.19. The second kappa shape index (κ2) is 4.17. The van der Waals surface area contributed by atoms with E-state index in [2.05, 4.69) is 5.32 Å². The second-order valence-corrected chi connectivity index (χ2v) is 3.55. The highest BCUT2D eigenvalue weighted by Crippen LogP contribution is 2.33. The molecule has 0 amide bonds. The molecule has 12 heavy (non-hydrogen) atoms. The highest BCUT2D eigenvalue weighted by atomic mass is 19.3. The van der Waals surface area contributed by atoms with E-state index < -0.39 is 11.8 Å². The predicted octanol–water partition coefficient (Wildman–Crippen LogP) is 2.42. The van der Waals surface area contributed by atoms with E-state index in [1.54, 1.807) is 0 Å². The second-order valence-electron chi connectivity index (χ2n) is 3.55. The van der Waals surface area contributed by atoms with Crippen LogP contribution in [0.3, 0.4) is 0 Å². The van der Waals surface area contributed by atoms with E-state index in [4.69, 9.17) is 0 Å². The van der Waals surface area contributed by atoms with E-state index >= 15 is 0 Å². The van der Waals surface area contributed by atoms with Crippen LogP contribution in [0.4, 0.5) is 8.78 Å². The zero-order chi connectivity index (χ0) is 9.03. The van der Waals surface area contributed by atoms with Crippen LogP contribution in [0, 0.1) is 5.92 Å². The summed E-state index contributed by atoms with van der Waals surface area (Å²) in [5, 5.41) is 3.02. The van der Waals surface area contributed by atoms with Gasteiger partial charge in [-0.25, -0.2) is 8.78 Å². The number of alkyl halides is 2. The third-order valence-corrected chi connectivity index (χ3v) is 2.48. The van der Waals surface area contributed by atoms with Gasteiger partial charge in [-0.15, -0.1) is 0 Å². The molecule has 0 aromatic rings. The Bertz CT molecular complexity index is 130. The molecule has 0 saturated carbocycles. The normalized spacial score (nSPS) is 25.8. The van der Waals surface area contributed by atoms with Gasteiger partial charge in [-0.1, -0.05) is 13.3 Å². The number of hydrogen-bond acceptors (Lipinski definition) is 1. The van der Waals surface area contributed by atoms with E-state index in [-0.39, 0.29) is 6.42 Å². The van der Waals surface area contributed by atoms with E-state index in [1.807, 2.05) is 6.92 Å². The molecule has 1 unspecified atom stereocenters. The molecule has 3 heteroatoms. The minimum Gasteiger partial charge on any atom is -0.316 e. The van der Waals surface area contributed by atoms with Crippen molar-refractivity contribution in [2.45, 2.75) is 38.5 Å². The van der Waals surface area contributed by atoms with Gasteiger partial charge in [0.2, 0.25) is 0 Å². The van der Waals surface area contributed by atoms with Gasteiger partial charge in [-0.05, 0) is 19.4 Å². The molecule has 0 spiro atoms. The van der Waals surface area contributed by atoms with Crippen molar-refractivity contribution in [1.82, 2.24) is 5.32 Å². The monoisotopic (exact) mass is 177 g/mol. The van der Waals surface area contributed by atoms with Crippen molar-refractivity contribution in [1.29, 1.82) is 0 Å². The van der Waals surface area contributed by atoms with Crippen LogP contribution in [0.2, 0.25) is 0 Å². The zero-order valence-corrected chi connectivity index (χ0v) is 7.58. The van der Waals surface area contributed by atoms with Gasteiger partial charge in [-0.3, -0.25) is 0 Å². The van der Waals surface area contributed by atoms with Crippen molar-refractivity contribution >= 4 is 0 Å². The maximum atomic E-state index is 13.3. The summed E-state index contributed by atoms with van der Waals surface area (Å²) in [4.78, 5) is 0. The molecule has 1 heterocycles. The average molecular weight is 177 g/mol. The molecule has 0 radical (unpaired) electrons. The van der Waals surface area contributed by atoms with Crippen LogP contribution in [-0.2, 0) is 0 Å². The average Bonchev–Trinajstić information content (AvgIpc) is 2.06. The summed E-state index contributed by atoms with van der Waals surface area (Å²) in [6.45, 7) is 3.20. The topological polar surface area (TPSA) is 12.0 Å². The molecule has 1 atom stereocenters. The van der Waals surface area contributed by atoms with Gasteiger partial charge in [-0.2, -0.15) is 0 Å². The van der Waals surface area contributed by atoms with E-state index in [1.165, 1.54) is 0 Å². The summed E-state index contributed by atoms with van der Waals surface area (Å²) in [5.74, 6) is -2.87. The predicted molar refractivity (Wildman–Crippen MR) is 45.4 cm³/mol. The lowest BCUT2D eigenvalue weighted by Gasteiger charge is -2.30. The van der Waals surface area contributed by atoms with E-state index in [0.717, 1.165) is 13.0 Å². The molecule has 0 bridgehead atoms. The first kappa shape index (κ1) is 9.90. The summed E-state index contributed by atoms with van der Waals surface area (Å²) >= 11 is 0. The van der Waals surface area contributed by atoms with Crippen LogP contribution in [0.15, 0.2) is 0 Å². The number of rotatable bonds is 3. The molecule has 1 aliphatic heterocycles. The minimum atomic E-state index is -2.44. The van der Waals surface area contributed by atoms with Crippen LogP contribution in [0.1, 0.15) is 32.6 Å². The Morgan fingerprint density at radius 2 is 2.25 bits per heavy atom. The fourth-order valence-electron chi connectivity index (χ4n) is 1.75. The number of hydrogen-bond donors (Lipinski definition) is 1. The van der Waals surface area contributed by atoms with Gasteiger partial charge in [0.1, 0.15) is 0 Å². The Labute approximate surface area is 72.5 Å². The Balaban J connectivity index is 2.41. The first-order chi connectivity index (χ1) is 5.67. The van der Waals surface area contributed by atoms with Crippen molar-refractivity contribution in [2.75, 3.05) is 13.1 Å². The minimum absolute atomic E-state index is 0.0410. The maximum Gasteiger partial charge on any atom is 0.252 e. The Kier molecular flexibility index (Phi) is 3.44. The fraction of sp³-hybridized carbons (Fsp3) is 1.00. The van der Waals surface area contributed by atoms with Gasteiger partial charge < -0.3 is 5.32 Å². The SMILES string of the molecule is CCCC(F)(F)C1CCCNC1. The largest absolute Gasteiger partial charge is 0.316 e. The summed E-state index contributed by atoms with van der Waals surface area (Å²) in [7, 11) is 0. The first-order valence-electron chi connectivity index (χ1n) is 4.75. The third-order valence-electron chi connectivity index (χ3n) is 2.48. The summed E-state index contributed by atoms with van der Waals surface area (Å²) in [6, 6.07) is 0. The quantitative estimate of drug-likeness (QED) is 0.698. The van der Waals surface area contributed by atoms with Crippen LogP contribution >= 0.6 is 0 Å². The molecule has 0 aliphatic carbocycles. The van der Waals surface area contributed by atoms with Gasteiger partial charge >= 0.3 is 0 Å². The van der Waals surface area contributed by atoms with Crippen LogP contribution in [-0.4, -0.2) is 19.0 Å². The molecule has 1 nitrogen and oxygen atoms in total. The molecule has 1 aliphatic rings. The van der Waals surface area contributed by atoms with E-state index in [0.29, 0.717) is 19.4 Å². The molecular formula is C9H17F2N. The van der Waals surface area contributed by atoms with Gasteiger partial charge in [0.05, 0.1) is 0 Å². The zero-order valence-electron chi connectivity index (χ0n) is 7.58. The first-order valence-corrected chi connectivity index (χ1v) is 4.75. The Hall–Kier alpha value is -0.180. The molecule has 1 N–H and O–H groups in total. The van der Waals surface area contributed by atoms with Crippen molar-refractivity contribution in [3.05, 3.63) is 0 Å². The molecule has 1 rings (SSSR count). The van der Waals surface area contributed by atoms with Crippen molar-refractivity contribution in [2.24, 2.45) is 5.92 Å².